The molecule has 0 aliphatic rings. The molecular formula is C27H22F15N3O3. The van der Waals surface area contributed by atoms with E-state index in [1.54, 1.807) is 45.0 Å². The molecule has 3 rings (SSSR count). The number of phenols is 1. The van der Waals surface area contributed by atoms with Crippen molar-refractivity contribution in [3.63, 3.8) is 0 Å². The van der Waals surface area contributed by atoms with Crippen LogP contribution in [0.15, 0.2) is 36.4 Å². The van der Waals surface area contributed by atoms with Gasteiger partial charge in [0.1, 0.15) is 22.5 Å². The Bertz CT molecular complexity index is 1630. The van der Waals surface area contributed by atoms with Crippen molar-refractivity contribution in [3.05, 3.63) is 47.5 Å². The summed E-state index contributed by atoms with van der Waals surface area (Å²) < 4.78 is 204. The lowest BCUT2D eigenvalue weighted by Crippen LogP contribution is -2.73. The van der Waals surface area contributed by atoms with Crippen LogP contribution < -0.4 is 0 Å². The second kappa shape index (κ2) is 11.9. The molecule has 0 spiro atoms. The van der Waals surface area contributed by atoms with Gasteiger partial charge in [-0.15, -0.1) is 15.0 Å². The van der Waals surface area contributed by atoms with E-state index in [1.807, 2.05) is 0 Å². The number of aryl methyl sites for hydroxylation is 1. The van der Waals surface area contributed by atoms with Gasteiger partial charge in [-0.3, -0.25) is 4.79 Å². The maximum atomic E-state index is 14.1. The number of rotatable bonds is 11. The zero-order chi connectivity index (χ0) is 37.1. The minimum absolute atomic E-state index is 0.0516. The molecule has 0 aliphatic carbocycles. The van der Waals surface area contributed by atoms with Crippen LogP contribution in [0.25, 0.3) is 16.7 Å². The normalized spacial score (nSPS) is 14.5. The van der Waals surface area contributed by atoms with Gasteiger partial charge in [0.15, 0.2) is 6.61 Å². The number of alkyl halides is 15. The molecule has 0 aliphatic heterocycles. The van der Waals surface area contributed by atoms with Gasteiger partial charge in [-0.25, -0.2) is 0 Å². The first-order valence-electron chi connectivity index (χ1n) is 13.1. The first kappa shape index (κ1) is 38.5. The number of fused-ring (bicyclic) bond motifs is 1. The van der Waals surface area contributed by atoms with Crippen molar-refractivity contribution in [1.82, 2.24) is 15.0 Å². The number of phenolic OH excluding ortho intramolecular Hbond substituents is 1. The summed E-state index contributed by atoms with van der Waals surface area (Å²) in [6, 6.07) is 8.99. The third-order valence-electron chi connectivity index (χ3n) is 6.88. The van der Waals surface area contributed by atoms with Gasteiger partial charge in [-0.05, 0) is 35.6 Å². The molecule has 3 aromatic rings. The molecule has 48 heavy (non-hydrogen) atoms. The summed E-state index contributed by atoms with van der Waals surface area (Å²) in [6.45, 7) is 1.74. The summed E-state index contributed by atoms with van der Waals surface area (Å²) in [7, 11) is 0. The fourth-order valence-electron chi connectivity index (χ4n) is 4.09. The maximum Gasteiger partial charge on any atom is 0.460 e. The lowest BCUT2D eigenvalue weighted by atomic mass is 9.84. The highest BCUT2D eigenvalue weighted by molar-refractivity contribution is 5.74. The van der Waals surface area contributed by atoms with E-state index in [-0.39, 0.29) is 22.6 Å². The van der Waals surface area contributed by atoms with Crippen molar-refractivity contribution in [2.75, 3.05) is 6.61 Å². The molecule has 0 amide bonds. The molecule has 1 heterocycles. The smallest absolute Gasteiger partial charge is 0.460 e. The molecule has 2 aromatic carbocycles. The molecule has 21 heteroatoms. The molecule has 0 unspecified atom stereocenters. The average molecular weight is 721 g/mol. The number of hydrogen-bond donors (Lipinski definition) is 1. The number of esters is 1. The van der Waals surface area contributed by atoms with Crippen molar-refractivity contribution in [2.24, 2.45) is 0 Å². The zero-order valence-electron chi connectivity index (χ0n) is 24.4. The van der Waals surface area contributed by atoms with Gasteiger partial charge in [0.2, 0.25) is 0 Å². The number of benzene rings is 2. The molecule has 1 N–H and O–H groups in total. The summed E-state index contributed by atoms with van der Waals surface area (Å²) in [5, 5.41) is 19.3. The van der Waals surface area contributed by atoms with Crippen LogP contribution in [-0.4, -0.2) is 74.4 Å². The number of aromatic nitrogens is 3. The summed E-state index contributed by atoms with van der Waals surface area (Å²) >= 11 is 0. The number of carbonyl (C=O) groups is 1. The molecule has 0 saturated heterocycles. The molecule has 0 atom stereocenters. The van der Waals surface area contributed by atoms with Crippen molar-refractivity contribution in [1.29, 1.82) is 0 Å². The third-order valence-corrected chi connectivity index (χ3v) is 6.88. The summed E-state index contributed by atoms with van der Waals surface area (Å²) in [6.07, 6.45) is -9.24. The monoisotopic (exact) mass is 721 g/mol. The standard InChI is InChI=1S/C27H22F15N3O3/c1-20(2,3)14-10-13(11-17(19(14)47)45-43-15-6-4-5-7-16(15)44-45)8-9-18(46)48-12-21(28,29)22(30,31)23(32,33)24(34,35)25(36,37)26(38,39)27(40,41)42/h4-7,10-11,47H,8-9,12H2,1-3H3. The molecule has 268 valence electrons. The number of ether oxygens (including phenoxy) is 1. The Morgan fingerprint density at radius 2 is 1.19 bits per heavy atom. The first-order chi connectivity index (χ1) is 21.4. The SMILES string of the molecule is CC(C)(C)c1cc(CCC(=O)OCC(F)(F)C(F)(F)C(F)(F)C(F)(F)C(F)(F)C(F)(F)C(F)(F)F)cc(-n2nc3ccccc3n2)c1O. The van der Waals surface area contributed by atoms with Crippen molar-refractivity contribution >= 4 is 17.0 Å². The Hall–Kier alpha value is -3.94. The molecule has 0 bridgehead atoms. The second-order valence-electron chi connectivity index (χ2n) is 11.5. The highest BCUT2D eigenvalue weighted by atomic mass is 19.4. The Balaban J connectivity index is 1.83. The van der Waals surface area contributed by atoms with Crippen LogP contribution >= 0.6 is 0 Å². The Morgan fingerprint density at radius 3 is 1.65 bits per heavy atom. The van der Waals surface area contributed by atoms with Crippen LogP contribution in [-0.2, 0) is 21.4 Å². The van der Waals surface area contributed by atoms with Gasteiger partial charge in [-0.1, -0.05) is 39.0 Å². The largest absolute Gasteiger partial charge is 0.505 e. The van der Waals surface area contributed by atoms with Crippen molar-refractivity contribution in [3.8, 4) is 11.4 Å². The average Bonchev–Trinajstić information content (AvgIpc) is 3.38. The lowest BCUT2D eigenvalue weighted by Gasteiger charge is -2.41. The molecule has 0 fully saturated rings. The zero-order valence-corrected chi connectivity index (χ0v) is 24.4. The van der Waals surface area contributed by atoms with Gasteiger partial charge in [0.25, 0.3) is 0 Å². The highest BCUT2D eigenvalue weighted by Crippen LogP contribution is 2.62. The number of carbonyl (C=O) groups excluding carboxylic acids is 1. The predicted molar refractivity (Wildman–Crippen MR) is 134 cm³/mol. The van der Waals surface area contributed by atoms with Crippen LogP contribution in [0, 0.1) is 0 Å². The summed E-state index contributed by atoms with van der Waals surface area (Å²) in [5.74, 6) is -49.9. The van der Waals surface area contributed by atoms with Crippen LogP contribution in [0.5, 0.6) is 5.75 Å². The molecule has 0 radical (unpaired) electrons. The van der Waals surface area contributed by atoms with Gasteiger partial charge >= 0.3 is 47.7 Å². The minimum atomic E-state index is -8.44. The van der Waals surface area contributed by atoms with Gasteiger partial charge < -0.3 is 9.84 Å². The van der Waals surface area contributed by atoms with E-state index in [2.05, 4.69) is 14.9 Å². The first-order valence-corrected chi connectivity index (χ1v) is 13.1. The van der Waals surface area contributed by atoms with E-state index < -0.39 is 72.5 Å². The Kier molecular flexibility index (Phi) is 9.53. The summed E-state index contributed by atoms with van der Waals surface area (Å²) in [4.78, 5) is 13.1. The van der Waals surface area contributed by atoms with E-state index >= 15 is 0 Å². The minimum Gasteiger partial charge on any atom is -0.505 e. The van der Waals surface area contributed by atoms with Gasteiger partial charge in [-0.2, -0.15) is 65.9 Å². The van der Waals surface area contributed by atoms with Crippen LogP contribution in [0.2, 0.25) is 0 Å². The Labute approximate surface area is 259 Å². The Morgan fingerprint density at radius 1 is 0.729 bits per heavy atom. The lowest BCUT2D eigenvalue weighted by molar-refractivity contribution is -0.453. The molecule has 6 nitrogen and oxygen atoms in total. The number of aromatic hydroxyl groups is 1. The van der Waals surface area contributed by atoms with Crippen LogP contribution in [0.4, 0.5) is 65.9 Å². The van der Waals surface area contributed by atoms with E-state index in [4.69, 9.17) is 0 Å². The van der Waals surface area contributed by atoms with Crippen molar-refractivity contribution in [2.45, 2.75) is 80.7 Å². The molecular weight excluding hydrogens is 699 g/mol. The van der Waals surface area contributed by atoms with E-state index in [0.29, 0.717) is 11.0 Å². The number of halogens is 15. The fraction of sp³-hybridized carbons (Fsp3) is 0.519. The topological polar surface area (TPSA) is 77.2 Å². The van der Waals surface area contributed by atoms with Crippen LogP contribution in [0.1, 0.15) is 38.3 Å². The van der Waals surface area contributed by atoms with Crippen molar-refractivity contribution < 1.29 is 80.5 Å². The third kappa shape index (κ3) is 6.30. The highest BCUT2D eigenvalue weighted by Gasteiger charge is 2.93. The van der Waals surface area contributed by atoms with Gasteiger partial charge in [0, 0.05) is 12.0 Å². The van der Waals surface area contributed by atoms with E-state index in [9.17, 15) is 75.8 Å². The van der Waals surface area contributed by atoms with E-state index in [0.717, 1.165) is 4.80 Å². The predicted octanol–water partition coefficient (Wildman–Crippen LogP) is 8.27. The quantitative estimate of drug-likeness (QED) is 0.159. The maximum absolute atomic E-state index is 14.1. The molecule has 1 aromatic heterocycles. The second-order valence-corrected chi connectivity index (χ2v) is 11.5. The number of nitrogens with zero attached hydrogens (tertiary/aromatic N) is 3. The van der Waals surface area contributed by atoms with Crippen LogP contribution in [0.3, 0.4) is 0 Å². The fourth-order valence-corrected chi connectivity index (χ4v) is 4.09. The van der Waals surface area contributed by atoms with E-state index in [1.165, 1.54) is 12.1 Å². The molecule has 0 saturated carbocycles. The van der Waals surface area contributed by atoms with Gasteiger partial charge in [0.05, 0.1) is 0 Å². The number of hydrogen-bond acceptors (Lipinski definition) is 5. The summed E-state index contributed by atoms with van der Waals surface area (Å²) in [5.41, 5.74) is 0.284.